The summed E-state index contributed by atoms with van der Waals surface area (Å²) in [5.41, 5.74) is 11.4. The highest BCUT2D eigenvalue weighted by Crippen LogP contribution is 2.17. The van der Waals surface area contributed by atoms with Gasteiger partial charge in [-0.05, 0) is 62.8 Å². The normalized spacial score (nSPS) is 12.9. The van der Waals surface area contributed by atoms with Crippen LogP contribution in [-0.2, 0) is 6.42 Å². The van der Waals surface area contributed by atoms with E-state index in [1.165, 1.54) is 22.3 Å². The average Bonchev–Trinajstić information content (AvgIpc) is 2.09. The summed E-state index contributed by atoms with van der Waals surface area (Å²) in [5.74, 6) is 0. The Morgan fingerprint density at radius 2 is 1.64 bits per heavy atom. The summed E-state index contributed by atoms with van der Waals surface area (Å²) in [6, 6.07) is 4.87. The van der Waals surface area contributed by atoms with Gasteiger partial charge >= 0.3 is 0 Å². The second kappa shape index (κ2) is 4.61. The average molecular weight is 191 g/mol. The Bertz CT molecular complexity index is 313. The van der Waals surface area contributed by atoms with Gasteiger partial charge in [-0.3, -0.25) is 0 Å². The van der Waals surface area contributed by atoms with Crippen molar-refractivity contribution in [1.82, 2.24) is 0 Å². The number of hydrogen-bond donors (Lipinski definition) is 1. The quantitative estimate of drug-likeness (QED) is 0.781. The lowest BCUT2D eigenvalue weighted by Gasteiger charge is -2.11. The van der Waals surface area contributed by atoms with Gasteiger partial charge in [-0.2, -0.15) is 0 Å². The van der Waals surface area contributed by atoms with Crippen LogP contribution >= 0.6 is 0 Å². The van der Waals surface area contributed by atoms with Crippen LogP contribution in [0.15, 0.2) is 12.1 Å². The van der Waals surface area contributed by atoms with Crippen LogP contribution < -0.4 is 5.73 Å². The summed E-state index contributed by atoms with van der Waals surface area (Å²) in [7, 11) is 0. The Kier molecular flexibility index (Phi) is 3.70. The van der Waals surface area contributed by atoms with Crippen molar-refractivity contribution in [2.24, 2.45) is 5.73 Å². The van der Waals surface area contributed by atoms with Gasteiger partial charge in [-0.1, -0.05) is 12.1 Å². The standard InChI is InChI=1S/C13H21N/c1-9-7-11(3)13(8-10(9)2)6-5-12(4)14/h7-8,12H,5-6,14H2,1-4H3/t12-/m1/s1. The molecule has 78 valence electrons. The Labute approximate surface area is 87.3 Å². The molecule has 1 rings (SSSR count). The fourth-order valence-corrected chi connectivity index (χ4v) is 1.67. The first kappa shape index (κ1) is 11.3. The summed E-state index contributed by atoms with van der Waals surface area (Å²) in [4.78, 5) is 0. The Morgan fingerprint density at radius 1 is 1.07 bits per heavy atom. The van der Waals surface area contributed by atoms with E-state index in [1.807, 2.05) is 0 Å². The molecule has 1 aromatic carbocycles. The lowest BCUT2D eigenvalue weighted by molar-refractivity contribution is 0.664. The highest BCUT2D eigenvalue weighted by molar-refractivity contribution is 5.36. The van der Waals surface area contributed by atoms with E-state index in [1.54, 1.807) is 0 Å². The number of aryl methyl sites for hydroxylation is 4. The molecule has 0 aliphatic carbocycles. The molecule has 1 aromatic rings. The molecule has 0 saturated heterocycles. The van der Waals surface area contributed by atoms with Crippen LogP contribution in [0.2, 0.25) is 0 Å². The maximum absolute atomic E-state index is 5.76. The number of rotatable bonds is 3. The molecule has 0 unspecified atom stereocenters. The fourth-order valence-electron chi connectivity index (χ4n) is 1.67. The smallest absolute Gasteiger partial charge is 0.00136 e. The summed E-state index contributed by atoms with van der Waals surface area (Å²) < 4.78 is 0. The zero-order chi connectivity index (χ0) is 10.7. The molecular formula is C13H21N. The molecule has 0 saturated carbocycles. The summed E-state index contributed by atoms with van der Waals surface area (Å²) in [6.45, 7) is 8.58. The minimum absolute atomic E-state index is 0.302. The van der Waals surface area contributed by atoms with Crippen molar-refractivity contribution in [3.63, 3.8) is 0 Å². The zero-order valence-corrected chi connectivity index (χ0v) is 9.72. The van der Waals surface area contributed by atoms with E-state index in [-0.39, 0.29) is 0 Å². The molecule has 1 heteroatoms. The van der Waals surface area contributed by atoms with E-state index in [2.05, 4.69) is 39.8 Å². The minimum Gasteiger partial charge on any atom is -0.328 e. The third-order valence-corrected chi connectivity index (χ3v) is 2.82. The summed E-state index contributed by atoms with van der Waals surface area (Å²) in [6.07, 6.45) is 2.17. The van der Waals surface area contributed by atoms with Crippen molar-refractivity contribution < 1.29 is 0 Å². The minimum atomic E-state index is 0.302. The lowest BCUT2D eigenvalue weighted by Crippen LogP contribution is -2.15. The first-order chi connectivity index (χ1) is 6.50. The van der Waals surface area contributed by atoms with Gasteiger partial charge in [0, 0.05) is 6.04 Å². The van der Waals surface area contributed by atoms with Crippen molar-refractivity contribution >= 4 is 0 Å². The van der Waals surface area contributed by atoms with E-state index in [0.29, 0.717) is 6.04 Å². The second-order valence-electron chi connectivity index (χ2n) is 4.38. The first-order valence-corrected chi connectivity index (χ1v) is 5.33. The number of benzene rings is 1. The molecule has 1 nitrogen and oxygen atoms in total. The van der Waals surface area contributed by atoms with Gasteiger partial charge in [-0.25, -0.2) is 0 Å². The van der Waals surface area contributed by atoms with Gasteiger partial charge in [0.25, 0.3) is 0 Å². The largest absolute Gasteiger partial charge is 0.328 e. The van der Waals surface area contributed by atoms with Crippen LogP contribution in [-0.4, -0.2) is 6.04 Å². The van der Waals surface area contributed by atoms with E-state index < -0.39 is 0 Å². The van der Waals surface area contributed by atoms with Crippen LogP contribution in [0.1, 0.15) is 35.6 Å². The van der Waals surface area contributed by atoms with E-state index in [4.69, 9.17) is 5.73 Å². The highest BCUT2D eigenvalue weighted by atomic mass is 14.6. The Hall–Kier alpha value is -0.820. The van der Waals surface area contributed by atoms with Crippen molar-refractivity contribution in [3.8, 4) is 0 Å². The Morgan fingerprint density at radius 3 is 2.21 bits per heavy atom. The van der Waals surface area contributed by atoms with Gasteiger partial charge in [0.1, 0.15) is 0 Å². The number of nitrogens with two attached hydrogens (primary N) is 1. The topological polar surface area (TPSA) is 26.0 Å². The van der Waals surface area contributed by atoms with Crippen LogP contribution in [0.5, 0.6) is 0 Å². The maximum atomic E-state index is 5.76. The molecule has 0 aromatic heterocycles. The van der Waals surface area contributed by atoms with Gasteiger partial charge in [0.2, 0.25) is 0 Å². The third kappa shape index (κ3) is 2.85. The van der Waals surface area contributed by atoms with E-state index in [0.717, 1.165) is 12.8 Å². The third-order valence-electron chi connectivity index (χ3n) is 2.82. The van der Waals surface area contributed by atoms with Gasteiger partial charge in [0.15, 0.2) is 0 Å². The van der Waals surface area contributed by atoms with E-state index in [9.17, 15) is 0 Å². The van der Waals surface area contributed by atoms with Crippen LogP contribution in [0, 0.1) is 20.8 Å². The predicted molar refractivity (Wildman–Crippen MR) is 62.6 cm³/mol. The van der Waals surface area contributed by atoms with Gasteiger partial charge in [-0.15, -0.1) is 0 Å². The van der Waals surface area contributed by atoms with Gasteiger partial charge in [0.05, 0.1) is 0 Å². The molecule has 0 heterocycles. The summed E-state index contributed by atoms with van der Waals surface area (Å²) in [5, 5.41) is 0. The lowest BCUT2D eigenvalue weighted by atomic mass is 9.97. The van der Waals surface area contributed by atoms with Gasteiger partial charge < -0.3 is 5.73 Å². The molecule has 14 heavy (non-hydrogen) atoms. The SMILES string of the molecule is Cc1cc(C)c(CC[C@@H](C)N)cc1C. The molecule has 0 fully saturated rings. The molecule has 0 aliphatic heterocycles. The molecule has 1 atom stereocenters. The molecule has 0 spiro atoms. The predicted octanol–water partition coefficient (Wildman–Crippen LogP) is 2.89. The first-order valence-electron chi connectivity index (χ1n) is 5.33. The Balaban J connectivity index is 2.82. The van der Waals surface area contributed by atoms with Crippen LogP contribution in [0.3, 0.4) is 0 Å². The van der Waals surface area contributed by atoms with Crippen molar-refractivity contribution in [1.29, 1.82) is 0 Å². The molecule has 0 aliphatic rings. The monoisotopic (exact) mass is 191 g/mol. The fraction of sp³-hybridized carbons (Fsp3) is 0.538. The second-order valence-corrected chi connectivity index (χ2v) is 4.38. The molecule has 0 amide bonds. The molecular weight excluding hydrogens is 170 g/mol. The van der Waals surface area contributed by atoms with Crippen LogP contribution in [0.25, 0.3) is 0 Å². The van der Waals surface area contributed by atoms with Crippen molar-refractivity contribution in [2.45, 2.75) is 46.6 Å². The number of hydrogen-bond acceptors (Lipinski definition) is 1. The molecule has 0 bridgehead atoms. The molecule has 2 N–H and O–H groups in total. The van der Waals surface area contributed by atoms with Crippen molar-refractivity contribution in [3.05, 3.63) is 34.4 Å². The zero-order valence-electron chi connectivity index (χ0n) is 9.72. The molecule has 0 radical (unpaired) electrons. The maximum Gasteiger partial charge on any atom is 0.00136 e. The van der Waals surface area contributed by atoms with Crippen LogP contribution in [0.4, 0.5) is 0 Å². The van der Waals surface area contributed by atoms with Crippen molar-refractivity contribution in [2.75, 3.05) is 0 Å². The van der Waals surface area contributed by atoms with E-state index >= 15 is 0 Å². The highest BCUT2D eigenvalue weighted by Gasteiger charge is 2.03. The summed E-state index contributed by atoms with van der Waals surface area (Å²) >= 11 is 0.